The molecular formula is C16H15ClN2O2. The fraction of sp³-hybridized carbons (Fsp3) is 0.125. The number of amides is 2. The van der Waals surface area contributed by atoms with Gasteiger partial charge in [0.1, 0.15) is 6.04 Å². The van der Waals surface area contributed by atoms with Crippen molar-refractivity contribution in [3.8, 4) is 0 Å². The molecular weight excluding hydrogens is 288 g/mol. The van der Waals surface area contributed by atoms with E-state index in [0.717, 1.165) is 0 Å². The largest absolute Gasteiger partial charge is 0.341 e. The second-order valence-electron chi connectivity index (χ2n) is 4.54. The molecule has 0 unspecified atom stereocenters. The predicted molar refractivity (Wildman–Crippen MR) is 83.1 cm³/mol. The molecule has 2 aromatic rings. The van der Waals surface area contributed by atoms with Crippen molar-refractivity contribution in [1.82, 2.24) is 5.32 Å². The first-order chi connectivity index (χ1) is 10.1. The lowest BCUT2D eigenvalue weighted by molar-refractivity contribution is -0.125. The molecule has 0 aliphatic rings. The molecule has 0 saturated carbocycles. The number of halogens is 1. The van der Waals surface area contributed by atoms with Crippen LogP contribution in [0.2, 0.25) is 5.02 Å². The van der Waals surface area contributed by atoms with Crippen LogP contribution in [0.25, 0.3) is 0 Å². The molecule has 2 aromatic carbocycles. The van der Waals surface area contributed by atoms with Crippen LogP contribution in [0.15, 0.2) is 54.6 Å². The number of benzene rings is 2. The van der Waals surface area contributed by atoms with Crippen LogP contribution in [0.5, 0.6) is 0 Å². The lowest BCUT2D eigenvalue weighted by Gasteiger charge is -2.18. The van der Waals surface area contributed by atoms with Crippen molar-refractivity contribution < 1.29 is 9.59 Å². The van der Waals surface area contributed by atoms with Gasteiger partial charge in [-0.25, -0.2) is 0 Å². The number of hydrogen-bond acceptors (Lipinski definition) is 2. The minimum absolute atomic E-state index is 0.273. The van der Waals surface area contributed by atoms with E-state index in [1.54, 1.807) is 36.4 Å². The fourth-order valence-electron chi connectivity index (χ4n) is 1.93. The van der Waals surface area contributed by atoms with Gasteiger partial charge in [-0.3, -0.25) is 9.59 Å². The molecule has 5 heteroatoms. The summed E-state index contributed by atoms with van der Waals surface area (Å²) in [6.45, 7) is 1.38. The number of anilines is 1. The van der Waals surface area contributed by atoms with Crippen LogP contribution in [0.4, 0.5) is 5.69 Å². The van der Waals surface area contributed by atoms with E-state index < -0.39 is 6.04 Å². The average Bonchev–Trinajstić information content (AvgIpc) is 2.45. The summed E-state index contributed by atoms with van der Waals surface area (Å²) in [6.07, 6.45) is 0. The second-order valence-corrected chi connectivity index (χ2v) is 4.98. The maximum Gasteiger partial charge on any atom is 0.251 e. The average molecular weight is 303 g/mol. The quantitative estimate of drug-likeness (QED) is 0.911. The molecule has 2 N–H and O–H groups in total. The zero-order chi connectivity index (χ0) is 15.2. The van der Waals surface area contributed by atoms with Gasteiger partial charge in [0.25, 0.3) is 5.91 Å². The summed E-state index contributed by atoms with van der Waals surface area (Å²) in [7, 11) is 0. The summed E-state index contributed by atoms with van der Waals surface area (Å²) in [5.74, 6) is -0.594. The van der Waals surface area contributed by atoms with E-state index in [-0.39, 0.29) is 11.8 Å². The normalized spacial score (nSPS) is 11.5. The molecule has 0 spiro atoms. The van der Waals surface area contributed by atoms with Crippen molar-refractivity contribution in [1.29, 1.82) is 0 Å². The van der Waals surface area contributed by atoms with Gasteiger partial charge in [0, 0.05) is 17.6 Å². The Morgan fingerprint density at radius 3 is 2.38 bits per heavy atom. The van der Waals surface area contributed by atoms with Crippen LogP contribution in [-0.4, -0.2) is 11.8 Å². The first-order valence-corrected chi connectivity index (χ1v) is 6.82. The summed E-state index contributed by atoms with van der Waals surface area (Å²) in [5, 5.41) is 5.93. The smallest absolute Gasteiger partial charge is 0.251 e. The van der Waals surface area contributed by atoms with Gasteiger partial charge in [-0.15, -0.1) is 0 Å². The van der Waals surface area contributed by atoms with Gasteiger partial charge in [0.05, 0.1) is 0 Å². The van der Waals surface area contributed by atoms with Crippen molar-refractivity contribution in [3.05, 3.63) is 65.2 Å². The van der Waals surface area contributed by atoms with E-state index in [1.165, 1.54) is 6.92 Å². The summed E-state index contributed by atoms with van der Waals surface area (Å²) in [6, 6.07) is 15.2. The minimum Gasteiger partial charge on any atom is -0.341 e. The van der Waals surface area contributed by atoms with E-state index in [4.69, 9.17) is 11.6 Å². The third-order valence-electron chi connectivity index (χ3n) is 2.83. The lowest BCUT2D eigenvalue weighted by atomic mass is 10.1. The minimum atomic E-state index is -0.748. The Bertz CT molecular complexity index is 644. The number of nitrogens with one attached hydrogen (secondary N) is 2. The highest BCUT2D eigenvalue weighted by molar-refractivity contribution is 6.30. The van der Waals surface area contributed by atoms with Crippen LogP contribution in [0, 0.1) is 0 Å². The Morgan fingerprint density at radius 1 is 1.05 bits per heavy atom. The van der Waals surface area contributed by atoms with Gasteiger partial charge in [0.15, 0.2) is 0 Å². The molecule has 21 heavy (non-hydrogen) atoms. The molecule has 0 bridgehead atoms. The molecule has 0 saturated heterocycles. The molecule has 2 rings (SSSR count). The molecule has 2 amide bonds. The maximum absolute atomic E-state index is 12.4. The number of carbonyl (C=O) groups is 2. The third-order valence-corrected chi connectivity index (χ3v) is 3.07. The molecule has 0 heterocycles. The molecule has 4 nitrogen and oxygen atoms in total. The standard InChI is InChI=1S/C16H15ClN2O2/c1-11(20)18-15(12-6-3-2-4-7-12)16(21)19-14-9-5-8-13(17)10-14/h2-10,15H,1H3,(H,18,20)(H,19,21)/t15-/m0/s1. The summed E-state index contributed by atoms with van der Waals surface area (Å²) >= 11 is 5.89. The number of rotatable bonds is 4. The Balaban J connectivity index is 2.20. The highest BCUT2D eigenvalue weighted by Crippen LogP contribution is 2.18. The molecule has 0 aliphatic carbocycles. The first kappa shape index (κ1) is 15.1. The highest BCUT2D eigenvalue weighted by atomic mass is 35.5. The predicted octanol–water partition coefficient (Wildman–Crippen LogP) is 3.16. The van der Waals surface area contributed by atoms with E-state index in [0.29, 0.717) is 16.3 Å². The van der Waals surface area contributed by atoms with Crippen LogP contribution >= 0.6 is 11.6 Å². The van der Waals surface area contributed by atoms with E-state index in [1.807, 2.05) is 18.2 Å². The van der Waals surface area contributed by atoms with Gasteiger partial charge in [0.2, 0.25) is 5.91 Å². The second kappa shape index (κ2) is 6.90. The zero-order valence-corrected chi connectivity index (χ0v) is 12.2. The monoisotopic (exact) mass is 302 g/mol. The Morgan fingerprint density at radius 2 is 1.76 bits per heavy atom. The van der Waals surface area contributed by atoms with Crippen molar-refractivity contribution in [2.45, 2.75) is 13.0 Å². The summed E-state index contributed by atoms with van der Waals surface area (Å²) in [4.78, 5) is 23.7. The van der Waals surface area contributed by atoms with E-state index in [9.17, 15) is 9.59 Å². The lowest BCUT2D eigenvalue weighted by Crippen LogP contribution is -2.35. The molecule has 1 atom stereocenters. The Labute approximate surface area is 128 Å². The Hall–Kier alpha value is -2.33. The van der Waals surface area contributed by atoms with Crippen LogP contribution in [0.1, 0.15) is 18.5 Å². The molecule has 0 fully saturated rings. The van der Waals surface area contributed by atoms with Gasteiger partial charge >= 0.3 is 0 Å². The molecule has 0 aliphatic heterocycles. The first-order valence-electron chi connectivity index (χ1n) is 6.45. The van der Waals surface area contributed by atoms with Crippen LogP contribution < -0.4 is 10.6 Å². The maximum atomic E-state index is 12.4. The summed E-state index contributed by atoms with van der Waals surface area (Å²) < 4.78 is 0. The molecule has 0 aromatic heterocycles. The van der Waals surface area contributed by atoms with E-state index in [2.05, 4.69) is 10.6 Å². The SMILES string of the molecule is CC(=O)N[C@H](C(=O)Nc1cccc(Cl)c1)c1ccccc1. The highest BCUT2D eigenvalue weighted by Gasteiger charge is 2.21. The van der Waals surface area contributed by atoms with Crippen molar-refractivity contribution >= 4 is 29.1 Å². The molecule has 0 radical (unpaired) electrons. The van der Waals surface area contributed by atoms with Crippen LogP contribution in [0.3, 0.4) is 0 Å². The van der Waals surface area contributed by atoms with Gasteiger partial charge < -0.3 is 10.6 Å². The number of carbonyl (C=O) groups excluding carboxylic acids is 2. The van der Waals surface area contributed by atoms with Gasteiger partial charge in [-0.1, -0.05) is 48.0 Å². The van der Waals surface area contributed by atoms with Gasteiger partial charge in [-0.2, -0.15) is 0 Å². The summed E-state index contributed by atoms with van der Waals surface area (Å²) in [5.41, 5.74) is 1.30. The third kappa shape index (κ3) is 4.33. The van der Waals surface area contributed by atoms with Crippen molar-refractivity contribution in [2.75, 3.05) is 5.32 Å². The van der Waals surface area contributed by atoms with E-state index >= 15 is 0 Å². The number of hydrogen-bond donors (Lipinski definition) is 2. The zero-order valence-electron chi connectivity index (χ0n) is 11.5. The van der Waals surface area contributed by atoms with Crippen molar-refractivity contribution in [2.24, 2.45) is 0 Å². The van der Waals surface area contributed by atoms with Crippen molar-refractivity contribution in [3.63, 3.8) is 0 Å². The van der Waals surface area contributed by atoms with Crippen LogP contribution in [-0.2, 0) is 9.59 Å². The topological polar surface area (TPSA) is 58.2 Å². The Kier molecular flexibility index (Phi) is 4.95. The molecule has 108 valence electrons. The van der Waals surface area contributed by atoms with Gasteiger partial charge in [-0.05, 0) is 23.8 Å². The fourth-order valence-corrected chi connectivity index (χ4v) is 2.12.